The molecule has 0 unspecified atom stereocenters. The Hall–Kier alpha value is -2.82. The van der Waals surface area contributed by atoms with Gasteiger partial charge in [-0.25, -0.2) is 9.59 Å². The third-order valence-corrected chi connectivity index (χ3v) is 4.31. The fraction of sp³-hybridized carbons (Fsp3) is 0.364. The van der Waals surface area contributed by atoms with Crippen LogP contribution in [-0.2, 0) is 10.8 Å². The predicted octanol–water partition coefficient (Wildman–Crippen LogP) is 5.47. The Bertz CT molecular complexity index is 865. The molecule has 0 amide bonds. The van der Waals surface area contributed by atoms with E-state index in [9.17, 15) is 14.7 Å². The van der Waals surface area contributed by atoms with Gasteiger partial charge in [0.15, 0.2) is 0 Å². The predicted molar refractivity (Wildman–Crippen MR) is 104 cm³/mol. The lowest BCUT2D eigenvalue weighted by molar-refractivity contribution is 0.0684. The van der Waals surface area contributed by atoms with Crippen molar-refractivity contribution in [3.8, 4) is 11.5 Å². The van der Waals surface area contributed by atoms with Crippen LogP contribution in [0.3, 0.4) is 0 Å². The monoisotopic (exact) mass is 370 g/mol. The number of hydrogen-bond donors (Lipinski definition) is 2. The average Bonchev–Trinajstić information content (AvgIpc) is 2.53. The van der Waals surface area contributed by atoms with Gasteiger partial charge in [0.05, 0.1) is 5.56 Å². The lowest BCUT2D eigenvalue weighted by atomic mass is 9.79. The Balaban J connectivity index is 2.65. The van der Waals surface area contributed by atoms with Gasteiger partial charge in [0.2, 0.25) is 0 Å². The van der Waals surface area contributed by atoms with Crippen molar-refractivity contribution in [2.24, 2.45) is 0 Å². The minimum absolute atomic E-state index is 0.0923. The van der Waals surface area contributed by atoms with E-state index < -0.39 is 11.9 Å². The van der Waals surface area contributed by atoms with Crippen molar-refractivity contribution in [2.75, 3.05) is 0 Å². The van der Waals surface area contributed by atoms with E-state index in [0.717, 1.165) is 11.1 Å². The summed E-state index contributed by atoms with van der Waals surface area (Å²) in [5, 5.41) is 18.8. The molecule has 2 N–H and O–H groups in total. The van der Waals surface area contributed by atoms with Gasteiger partial charge in [-0.15, -0.1) is 0 Å². The summed E-state index contributed by atoms with van der Waals surface area (Å²) in [6.45, 7) is 12.1. The molecule has 2 aromatic rings. The standard InChI is InChI=1S/C22H26O5/c1-21(2,3)14-11-16(20(25)26)18(17(12-14)22(4,5)6)27-15-9-7-13(8-10-15)19(23)24/h7-12H,1-6H3,(H,23,24)(H,25,26). The lowest BCUT2D eigenvalue weighted by Gasteiger charge is -2.28. The molecule has 0 saturated carbocycles. The van der Waals surface area contributed by atoms with Crippen molar-refractivity contribution in [2.45, 2.75) is 52.4 Å². The Morgan fingerprint density at radius 1 is 0.815 bits per heavy atom. The fourth-order valence-corrected chi connectivity index (χ4v) is 2.67. The molecular formula is C22H26O5. The maximum atomic E-state index is 12.0. The van der Waals surface area contributed by atoms with Gasteiger partial charge < -0.3 is 14.9 Å². The molecule has 0 aliphatic heterocycles. The van der Waals surface area contributed by atoms with Gasteiger partial charge in [-0.05, 0) is 46.7 Å². The van der Waals surface area contributed by atoms with Crippen LogP contribution in [0.1, 0.15) is 73.4 Å². The quantitative estimate of drug-likeness (QED) is 0.745. The van der Waals surface area contributed by atoms with E-state index in [0.29, 0.717) is 5.75 Å². The van der Waals surface area contributed by atoms with E-state index in [2.05, 4.69) is 0 Å². The zero-order chi connectivity index (χ0) is 20.6. The number of hydrogen-bond acceptors (Lipinski definition) is 3. The first-order valence-corrected chi connectivity index (χ1v) is 8.74. The SMILES string of the molecule is CC(C)(C)c1cc(C(=O)O)c(Oc2ccc(C(=O)O)cc2)c(C(C)(C)C)c1. The van der Waals surface area contributed by atoms with Gasteiger partial charge in [0, 0.05) is 5.56 Å². The highest BCUT2D eigenvalue weighted by atomic mass is 16.5. The van der Waals surface area contributed by atoms with E-state index in [-0.39, 0.29) is 27.7 Å². The van der Waals surface area contributed by atoms with Gasteiger partial charge in [-0.1, -0.05) is 47.6 Å². The van der Waals surface area contributed by atoms with Crippen LogP contribution in [-0.4, -0.2) is 22.2 Å². The van der Waals surface area contributed by atoms with Crippen LogP contribution in [0, 0.1) is 0 Å². The molecule has 0 bridgehead atoms. The summed E-state index contributed by atoms with van der Waals surface area (Å²) in [6.07, 6.45) is 0. The maximum absolute atomic E-state index is 12.0. The average molecular weight is 370 g/mol. The van der Waals surface area contributed by atoms with Gasteiger partial charge in [0.25, 0.3) is 0 Å². The van der Waals surface area contributed by atoms with Crippen LogP contribution >= 0.6 is 0 Å². The molecule has 0 radical (unpaired) electrons. The molecule has 0 fully saturated rings. The van der Waals surface area contributed by atoms with E-state index in [4.69, 9.17) is 9.84 Å². The third kappa shape index (κ3) is 4.67. The van der Waals surface area contributed by atoms with Gasteiger partial charge >= 0.3 is 11.9 Å². The second-order valence-corrected chi connectivity index (χ2v) is 8.64. The van der Waals surface area contributed by atoms with Gasteiger partial charge in [-0.3, -0.25) is 0 Å². The Morgan fingerprint density at radius 3 is 1.78 bits per heavy atom. The summed E-state index contributed by atoms with van der Waals surface area (Å²) in [4.78, 5) is 23.0. The normalized spacial score (nSPS) is 11.9. The number of carboxylic acids is 2. The van der Waals surface area contributed by atoms with Crippen LogP contribution < -0.4 is 4.74 Å². The molecule has 0 aliphatic rings. The molecule has 2 aromatic carbocycles. The topological polar surface area (TPSA) is 83.8 Å². The van der Waals surface area contributed by atoms with Gasteiger partial charge in [0.1, 0.15) is 17.1 Å². The fourth-order valence-electron chi connectivity index (χ4n) is 2.67. The Kier molecular flexibility index (Phi) is 5.36. The molecule has 0 atom stereocenters. The van der Waals surface area contributed by atoms with Crippen molar-refractivity contribution in [1.82, 2.24) is 0 Å². The number of aromatic carboxylic acids is 2. The third-order valence-electron chi connectivity index (χ3n) is 4.31. The summed E-state index contributed by atoms with van der Waals surface area (Å²) >= 11 is 0. The number of rotatable bonds is 4. The molecule has 144 valence electrons. The first-order valence-electron chi connectivity index (χ1n) is 8.74. The summed E-state index contributed by atoms with van der Waals surface area (Å²) in [7, 11) is 0. The van der Waals surface area contributed by atoms with Crippen molar-refractivity contribution >= 4 is 11.9 Å². The van der Waals surface area contributed by atoms with E-state index >= 15 is 0 Å². The summed E-state index contributed by atoms with van der Waals surface area (Å²) in [5.41, 5.74) is 1.37. The molecule has 2 rings (SSSR count). The molecule has 27 heavy (non-hydrogen) atoms. The zero-order valence-electron chi connectivity index (χ0n) is 16.6. The second kappa shape index (κ2) is 7.06. The number of carbonyl (C=O) groups is 2. The zero-order valence-corrected chi connectivity index (χ0v) is 16.6. The first kappa shape index (κ1) is 20.5. The van der Waals surface area contributed by atoms with Crippen molar-refractivity contribution < 1.29 is 24.5 Å². The maximum Gasteiger partial charge on any atom is 0.339 e. The van der Waals surface area contributed by atoms with Gasteiger partial charge in [-0.2, -0.15) is 0 Å². The van der Waals surface area contributed by atoms with Crippen LogP contribution in [0.2, 0.25) is 0 Å². The highest BCUT2D eigenvalue weighted by molar-refractivity contribution is 5.92. The van der Waals surface area contributed by atoms with Crippen LogP contribution in [0.15, 0.2) is 36.4 Å². The van der Waals surface area contributed by atoms with Crippen LogP contribution in [0.25, 0.3) is 0 Å². The minimum atomic E-state index is -1.07. The lowest BCUT2D eigenvalue weighted by Crippen LogP contribution is -2.19. The summed E-state index contributed by atoms with van der Waals surface area (Å²) < 4.78 is 5.96. The van der Waals surface area contributed by atoms with Crippen LogP contribution in [0.5, 0.6) is 11.5 Å². The number of ether oxygens (including phenoxy) is 1. The van der Waals surface area contributed by atoms with Crippen molar-refractivity contribution in [3.63, 3.8) is 0 Å². The number of benzene rings is 2. The van der Waals surface area contributed by atoms with E-state index in [1.165, 1.54) is 24.3 Å². The highest BCUT2D eigenvalue weighted by Gasteiger charge is 2.28. The van der Waals surface area contributed by atoms with Crippen LogP contribution in [0.4, 0.5) is 0 Å². The molecule has 0 spiro atoms. The second-order valence-electron chi connectivity index (χ2n) is 8.64. The van der Waals surface area contributed by atoms with Crippen molar-refractivity contribution in [3.05, 3.63) is 58.7 Å². The molecule has 0 aromatic heterocycles. The minimum Gasteiger partial charge on any atom is -0.478 e. The molecule has 0 saturated heterocycles. The van der Waals surface area contributed by atoms with E-state index in [1.54, 1.807) is 6.07 Å². The largest absolute Gasteiger partial charge is 0.478 e. The molecule has 5 heteroatoms. The Labute approximate surface area is 159 Å². The summed E-state index contributed by atoms with van der Waals surface area (Å²) in [6, 6.07) is 9.56. The molecule has 0 aliphatic carbocycles. The molecule has 0 heterocycles. The summed E-state index contributed by atoms with van der Waals surface area (Å²) in [5.74, 6) is -1.43. The smallest absolute Gasteiger partial charge is 0.339 e. The first-order chi connectivity index (χ1) is 12.3. The number of carboxylic acid groups (broad SMARTS) is 2. The molecule has 5 nitrogen and oxygen atoms in total. The highest BCUT2D eigenvalue weighted by Crippen LogP contribution is 2.40. The van der Waals surface area contributed by atoms with Crippen molar-refractivity contribution in [1.29, 1.82) is 0 Å². The Morgan fingerprint density at radius 2 is 1.37 bits per heavy atom. The molecular weight excluding hydrogens is 344 g/mol. The van der Waals surface area contributed by atoms with E-state index in [1.807, 2.05) is 47.6 Å².